The van der Waals surface area contributed by atoms with E-state index in [2.05, 4.69) is 35.9 Å². The van der Waals surface area contributed by atoms with Crippen molar-refractivity contribution in [3.05, 3.63) is 52.7 Å². The lowest BCUT2D eigenvalue weighted by atomic mass is 10.2. The summed E-state index contributed by atoms with van der Waals surface area (Å²) in [5.74, 6) is -0.674. The summed E-state index contributed by atoms with van der Waals surface area (Å²) in [6.07, 6.45) is 1.23. The van der Waals surface area contributed by atoms with E-state index in [4.69, 9.17) is 11.6 Å². The molecule has 0 bridgehead atoms. The fourth-order valence-corrected chi connectivity index (χ4v) is 2.00. The molecule has 0 aliphatic heterocycles. The Balaban J connectivity index is 1.71. The molecule has 23 heavy (non-hydrogen) atoms. The first-order valence-electron chi connectivity index (χ1n) is 6.41. The number of benzene rings is 1. The summed E-state index contributed by atoms with van der Waals surface area (Å²) >= 11 is 5.69. The Morgan fingerprint density at radius 2 is 2.17 bits per heavy atom. The molecule has 0 radical (unpaired) electrons. The fraction of sp³-hybridized carbons (Fsp3) is 0.0769. The molecule has 2 heterocycles. The molecule has 0 aliphatic rings. The maximum absolute atomic E-state index is 13.1. The molecule has 0 fully saturated rings. The zero-order valence-corrected chi connectivity index (χ0v) is 12.3. The van der Waals surface area contributed by atoms with Crippen molar-refractivity contribution in [2.75, 3.05) is 0 Å². The van der Waals surface area contributed by atoms with Gasteiger partial charge in [0.25, 0.3) is 5.91 Å². The van der Waals surface area contributed by atoms with Crippen LogP contribution in [0.5, 0.6) is 0 Å². The highest BCUT2D eigenvalue weighted by Crippen LogP contribution is 2.16. The zero-order chi connectivity index (χ0) is 16.2. The highest BCUT2D eigenvalue weighted by molar-refractivity contribution is 6.30. The first kappa shape index (κ1) is 15.0. The van der Waals surface area contributed by atoms with Crippen LogP contribution in [0.15, 0.2) is 30.6 Å². The van der Waals surface area contributed by atoms with E-state index < -0.39 is 11.7 Å². The Labute approximate surface area is 134 Å². The molecule has 0 spiro atoms. The number of rotatable bonds is 4. The van der Waals surface area contributed by atoms with Crippen molar-refractivity contribution in [2.45, 2.75) is 6.54 Å². The topological polar surface area (TPSA) is 109 Å². The Bertz CT molecular complexity index is 840. The summed E-state index contributed by atoms with van der Waals surface area (Å²) in [4.78, 5) is 20.0. The molecule has 0 saturated carbocycles. The molecule has 1 aromatic carbocycles. The first-order chi connectivity index (χ1) is 11.1. The summed E-state index contributed by atoms with van der Waals surface area (Å²) in [6.45, 7) is 0.181. The van der Waals surface area contributed by atoms with E-state index in [1.54, 1.807) is 0 Å². The van der Waals surface area contributed by atoms with E-state index >= 15 is 0 Å². The lowest BCUT2D eigenvalue weighted by molar-refractivity contribution is 0.0946. The van der Waals surface area contributed by atoms with Gasteiger partial charge in [0, 0.05) is 6.54 Å². The van der Waals surface area contributed by atoms with Crippen LogP contribution in [0.2, 0.25) is 5.02 Å². The van der Waals surface area contributed by atoms with Crippen LogP contribution in [-0.4, -0.2) is 36.5 Å². The molecule has 0 saturated heterocycles. The number of H-pyrrole nitrogens is 1. The second kappa shape index (κ2) is 6.44. The van der Waals surface area contributed by atoms with Gasteiger partial charge in [-0.3, -0.25) is 4.79 Å². The number of aromatic nitrogens is 6. The number of amides is 1. The standard InChI is InChI=1S/C13H9ClFN7O/c14-8-3-7(1-2-9(8)15)5-16-13(23)11-4-10(17-6-18-11)12-19-21-22-20-12/h1-4,6H,5H2,(H,16,23)(H,19,20,21,22). The van der Waals surface area contributed by atoms with Crippen molar-refractivity contribution in [3.8, 4) is 11.5 Å². The summed E-state index contributed by atoms with van der Waals surface area (Å²) in [7, 11) is 0. The Morgan fingerprint density at radius 3 is 2.91 bits per heavy atom. The fourth-order valence-electron chi connectivity index (χ4n) is 1.80. The number of nitrogens with zero attached hydrogens (tertiary/aromatic N) is 5. The number of hydrogen-bond donors (Lipinski definition) is 2. The largest absolute Gasteiger partial charge is 0.347 e. The third-order valence-electron chi connectivity index (χ3n) is 2.91. The van der Waals surface area contributed by atoms with Crippen LogP contribution in [0.4, 0.5) is 4.39 Å². The molecule has 8 nitrogen and oxygen atoms in total. The molecule has 2 N–H and O–H groups in total. The van der Waals surface area contributed by atoms with E-state index in [0.29, 0.717) is 11.3 Å². The van der Waals surface area contributed by atoms with Crippen molar-refractivity contribution < 1.29 is 9.18 Å². The van der Waals surface area contributed by atoms with E-state index in [1.807, 2.05) is 0 Å². The van der Waals surface area contributed by atoms with Gasteiger partial charge < -0.3 is 5.32 Å². The lowest BCUT2D eigenvalue weighted by Gasteiger charge is -2.06. The van der Waals surface area contributed by atoms with Crippen LogP contribution in [0.25, 0.3) is 11.5 Å². The molecule has 3 aromatic rings. The van der Waals surface area contributed by atoms with Crippen LogP contribution in [0.1, 0.15) is 16.1 Å². The minimum absolute atomic E-state index is 0.00169. The van der Waals surface area contributed by atoms with E-state index in [9.17, 15) is 9.18 Å². The number of tetrazole rings is 1. The van der Waals surface area contributed by atoms with Crippen molar-refractivity contribution >= 4 is 17.5 Å². The normalized spacial score (nSPS) is 10.5. The number of nitrogens with one attached hydrogen (secondary N) is 2. The van der Waals surface area contributed by atoms with Gasteiger partial charge in [0.05, 0.1) is 5.02 Å². The number of halogens is 2. The Kier molecular flexibility index (Phi) is 4.20. The van der Waals surface area contributed by atoms with Crippen molar-refractivity contribution in [2.24, 2.45) is 0 Å². The molecule has 3 rings (SSSR count). The van der Waals surface area contributed by atoms with Gasteiger partial charge in [-0.1, -0.05) is 17.7 Å². The highest BCUT2D eigenvalue weighted by atomic mass is 35.5. The van der Waals surface area contributed by atoms with Gasteiger partial charge in [-0.2, -0.15) is 5.21 Å². The van der Waals surface area contributed by atoms with Crippen LogP contribution in [-0.2, 0) is 6.54 Å². The second-order valence-electron chi connectivity index (χ2n) is 4.46. The average Bonchev–Trinajstić information content (AvgIpc) is 3.10. The second-order valence-corrected chi connectivity index (χ2v) is 4.86. The monoisotopic (exact) mass is 333 g/mol. The first-order valence-corrected chi connectivity index (χ1v) is 6.79. The number of aromatic amines is 1. The summed E-state index contributed by atoms with van der Waals surface area (Å²) in [6, 6.07) is 5.66. The Morgan fingerprint density at radius 1 is 1.30 bits per heavy atom. The van der Waals surface area contributed by atoms with Gasteiger partial charge in [-0.15, -0.1) is 10.2 Å². The van der Waals surface area contributed by atoms with Gasteiger partial charge in [0.15, 0.2) is 0 Å². The SMILES string of the molecule is O=C(NCc1ccc(F)c(Cl)c1)c1cc(-c2nn[nH]n2)ncn1. The maximum atomic E-state index is 13.1. The van der Waals surface area contributed by atoms with Gasteiger partial charge in [0.2, 0.25) is 5.82 Å². The zero-order valence-electron chi connectivity index (χ0n) is 11.5. The predicted octanol–water partition coefficient (Wildman–Crippen LogP) is 1.38. The average molecular weight is 334 g/mol. The van der Waals surface area contributed by atoms with Gasteiger partial charge in [-0.25, -0.2) is 14.4 Å². The lowest BCUT2D eigenvalue weighted by Crippen LogP contribution is -2.24. The quantitative estimate of drug-likeness (QED) is 0.746. The van der Waals surface area contributed by atoms with Crippen LogP contribution in [0.3, 0.4) is 0 Å². The highest BCUT2D eigenvalue weighted by Gasteiger charge is 2.12. The number of carbonyl (C=O) groups excluding carboxylic acids is 1. The van der Waals surface area contributed by atoms with Crippen molar-refractivity contribution in [3.63, 3.8) is 0 Å². The smallest absolute Gasteiger partial charge is 0.270 e. The molecular formula is C13H9ClFN7O. The molecule has 0 atom stereocenters. The number of carbonyl (C=O) groups is 1. The van der Waals surface area contributed by atoms with Crippen LogP contribution in [0, 0.1) is 5.82 Å². The van der Waals surface area contributed by atoms with E-state index in [-0.39, 0.29) is 23.1 Å². The third-order valence-corrected chi connectivity index (χ3v) is 3.20. The third kappa shape index (κ3) is 3.46. The van der Waals surface area contributed by atoms with Crippen molar-refractivity contribution in [1.82, 2.24) is 35.9 Å². The summed E-state index contributed by atoms with van der Waals surface area (Å²) < 4.78 is 13.1. The van der Waals surface area contributed by atoms with Gasteiger partial charge >= 0.3 is 0 Å². The summed E-state index contributed by atoms with van der Waals surface area (Å²) in [5, 5.41) is 15.9. The molecular weight excluding hydrogens is 325 g/mol. The van der Waals surface area contributed by atoms with Gasteiger partial charge in [-0.05, 0) is 29.0 Å². The van der Waals surface area contributed by atoms with Crippen LogP contribution < -0.4 is 5.32 Å². The molecule has 1 amide bonds. The molecule has 2 aromatic heterocycles. The predicted molar refractivity (Wildman–Crippen MR) is 77.8 cm³/mol. The minimum atomic E-state index is -0.512. The van der Waals surface area contributed by atoms with E-state index in [1.165, 1.54) is 30.6 Å². The number of hydrogen-bond acceptors (Lipinski definition) is 6. The summed E-state index contributed by atoms with van der Waals surface area (Å²) in [5.41, 5.74) is 1.17. The van der Waals surface area contributed by atoms with Crippen molar-refractivity contribution in [1.29, 1.82) is 0 Å². The van der Waals surface area contributed by atoms with Gasteiger partial charge in [0.1, 0.15) is 23.5 Å². The maximum Gasteiger partial charge on any atom is 0.270 e. The van der Waals surface area contributed by atoms with Crippen LogP contribution >= 0.6 is 11.6 Å². The Hall–Kier alpha value is -2.94. The molecule has 0 aliphatic carbocycles. The molecule has 116 valence electrons. The minimum Gasteiger partial charge on any atom is -0.347 e. The molecule has 10 heteroatoms. The van der Waals surface area contributed by atoms with E-state index in [0.717, 1.165) is 0 Å². The molecule has 0 unspecified atom stereocenters.